The van der Waals surface area contributed by atoms with Crippen LogP contribution in [-0.4, -0.2) is 14.9 Å². The summed E-state index contributed by atoms with van der Waals surface area (Å²) in [5.41, 5.74) is 8.36. The van der Waals surface area contributed by atoms with Crippen molar-refractivity contribution in [1.82, 2.24) is 0 Å². The summed E-state index contributed by atoms with van der Waals surface area (Å²) in [6.07, 6.45) is -4.79. The largest absolute Gasteiger partial charge is 0.456 e. The fourth-order valence-corrected chi connectivity index (χ4v) is 7.81. The summed E-state index contributed by atoms with van der Waals surface area (Å²) >= 11 is 16.9. The average Bonchev–Trinajstić information content (AvgIpc) is 2.86. The molecule has 0 bridgehead atoms. The summed E-state index contributed by atoms with van der Waals surface area (Å²) < 4.78 is 51.6. The zero-order chi connectivity index (χ0) is 30.0. The molecule has 2 atom stereocenters. The molecule has 0 aromatic heterocycles. The van der Waals surface area contributed by atoms with Crippen LogP contribution in [0.3, 0.4) is 0 Å². The number of rotatable bonds is 10. The van der Waals surface area contributed by atoms with Crippen LogP contribution in [0.5, 0.6) is 11.5 Å². The summed E-state index contributed by atoms with van der Waals surface area (Å²) in [5, 5.41) is 4.18. The molecule has 4 nitrogen and oxygen atoms in total. The molecule has 0 spiro atoms. The van der Waals surface area contributed by atoms with E-state index in [2.05, 4.69) is 51.8 Å². The predicted octanol–water partition coefficient (Wildman–Crippen LogP) is 10.4. The van der Waals surface area contributed by atoms with E-state index in [9.17, 15) is 13.2 Å². The van der Waals surface area contributed by atoms with E-state index in [0.29, 0.717) is 39.5 Å². The highest BCUT2D eigenvalue weighted by Gasteiger charge is 2.35. The van der Waals surface area contributed by atoms with E-state index in [1.807, 2.05) is 19.1 Å². The number of alkyl halides is 3. The van der Waals surface area contributed by atoms with Crippen LogP contribution in [0.1, 0.15) is 43.6 Å². The Hall–Kier alpha value is -2.04. The van der Waals surface area contributed by atoms with Gasteiger partial charge in [-0.3, -0.25) is 0 Å². The maximum atomic E-state index is 13.0. The topological polar surface area (TPSA) is 56.5 Å². The van der Waals surface area contributed by atoms with Gasteiger partial charge in [0.15, 0.2) is 8.32 Å². The van der Waals surface area contributed by atoms with Crippen molar-refractivity contribution in [3.05, 3.63) is 75.3 Å². The minimum absolute atomic E-state index is 0.0969. The van der Waals surface area contributed by atoms with E-state index in [1.54, 1.807) is 18.2 Å². The Bertz CT molecular complexity index is 1330. The Labute approximate surface area is 250 Å². The fraction of sp³-hybridized carbons (Fsp3) is 0.379. The number of anilines is 2. The quantitative estimate of drug-likeness (QED) is 0.118. The summed E-state index contributed by atoms with van der Waals surface area (Å²) in [4.78, 5) is 0.0969. The van der Waals surface area contributed by atoms with Gasteiger partial charge in [-0.15, -0.1) is 12.6 Å². The fourth-order valence-electron chi connectivity index (χ4n) is 4.28. The van der Waals surface area contributed by atoms with E-state index in [4.69, 9.17) is 38.1 Å². The van der Waals surface area contributed by atoms with Gasteiger partial charge < -0.3 is 20.2 Å². The lowest BCUT2D eigenvalue weighted by Gasteiger charge is -2.36. The van der Waals surface area contributed by atoms with Gasteiger partial charge in [-0.05, 0) is 91.1 Å². The molecule has 2 unspecified atom stereocenters. The Morgan fingerprint density at radius 1 is 0.975 bits per heavy atom. The molecule has 0 heterocycles. The molecule has 3 rings (SSSR count). The van der Waals surface area contributed by atoms with Crippen molar-refractivity contribution in [2.75, 3.05) is 17.6 Å². The predicted molar refractivity (Wildman–Crippen MR) is 165 cm³/mol. The third-order valence-corrected chi connectivity index (χ3v) is 11.9. The molecule has 11 heteroatoms. The lowest BCUT2D eigenvalue weighted by atomic mass is 10.1. The summed E-state index contributed by atoms with van der Waals surface area (Å²) in [6.45, 7) is 13.3. The highest BCUT2D eigenvalue weighted by molar-refractivity contribution is 7.80. The summed E-state index contributed by atoms with van der Waals surface area (Å²) in [5.74, 6) is 1.20. The van der Waals surface area contributed by atoms with E-state index in [-0.39, 0.29) is 16.7 Å². The van der Waals surface area contributed by atoms with Crippen molar-refractivity contribution in [1.29, 1.82) is 0 Å². The summed E-state index contributed by atoms with van der Waals surface area (Å²) in [7, 11) is -2.14. The average molecular weight is 632 g/mol. The van der Waals surface area contributed by atoms with Crippen molar-refractivity contribution in [3.8, 4) is 11.5 Å². The molecule has 3 N–H and O–H groups in total. The van der Waals surface area contributed by atoms with Crippen molar-refractivity contribution in [2.45, 2.75) is 63.5 Å². The third-order valence-electron chi connectivity index (χ3n) is 7.19. The minimum Gasteiger partial charge on any atom is -0.456 e. The van der Waals surface area contributed by atoms with Crippen molar-refractivity contribution in [3.63, 3.8) is 0 Å². The molecule has 0 aliphatic heterocycles. The van der Waals surface area contributed by atoms with Gasteiger partial charge in [-0.25, -0.2) is 0 Å². The minimum atomic E-state index is -4.45. The molecule has 0 fully saturated rings. The Morgan fingerprint density at radius 3 is 2.10 bits per heavy atom. The number of thiol groups is 1. The first-order valence-electron chi connectivity index (χ1n) is 12.8. The smallest absolute Gasteiger partial charge is 0.416 e. The molecule has 0 amide bonds. The number of nitrogen functional groups attached to an aromatic ring is 1. The molecule has 3 aromatic carbocycles. The van der Waals surface area contributed by atoms with Crippen molar-refractivity contribution >= 4 is 55.5 Å². The maximum absolute atomic E-state index is 13.0. The first-order chi connectivity index (χ1) is 18.5. The Kier molecular flexibility index (Phi) is 10.4. The molecule has 0 saturated heterocycles. The van der Waals surface area contributed by atoms with Crippen LogP contribution in [0.15, 0.2) is 53.4 Å². The van der Waals surface area contributed by atoms with Gasteiger partial charge >= 0.3 is 6.18 Å². The van der Waals surface area contributed by atoms with Gasteiger partial charge in [0.1, 0.15) is 11.5 Å². The lowest BCUT2D eigenvalue weighted by molar-refractivity contribution is -0.137. The SMILES string of the molecule is Cc1cc(NCC(O[Si](C)(C)C(C)C(C)C)c2cc(Cl)c(N)c(Cl)c2)ccc1Oc1ccc(C(F)(F)F)cc1S. The van der Waals surface area contributed by atoms with E-state index < -0.39 is 20.1 Å². The molecule has 0 aliphatic carbocycles. The van der Waals surface area contributed by atoms with E-state index in [1.165, 1.54) is 6.07 Å². The van der Waals surface area contributed by atoms with Crippen molar-refractivity contribution < 1.29 is 22.3 Å². The molecule has 3 aromatic rings. The second-order valence-electron chi connectivity index (χ2n) is 10.8. The highest BCUT2D eigenvalue weighted by atomic mass is 35.5. The van der Waals surface area contributed by atoms with Crippen LogP contribution in [0, 0.1) is 12.8 Å². The van der Waals surface area contributed by atoms with Crippen molar-refractivity contribution in [2.24, 2.45) is 5.92 Å². The molecule has 218 valence electrons. The van der Waals surface area contributed by atoms with Gasteiger partial charge in [-0.2, -0.15) is 13.2 Å². The van der Waals surface area contributed by atoms with Crippen LogP contribution in [0.25, 0.3) is 0 Å². The molecule has 0 aliphatic rings. The second kappa shape index (κ2) is 12.9. The zero-order valence-electron chi connectivity index (χ0n) is 23.3. The third kappa shape index (κ3) is 8.03. The van der Waals surface area contributed by atoms with E-state index >= 15 is 0 Å². The van der Waals surface area contributed by atoms with Crippen LogP contribution in [0.2, 0.25) is 28.7 Å². The molecule has 0 radical (unpaired) electrons. The van der Waals surface area contributed by atoms with Gasteiger partial charge in [0.05, 0.1) is 27.4 Å². The number of hydrogen-bond acceptors (Lipinski definition) is 5. The number of halogens is 5. The lowest BCUT2D eigenvalue weighted by Crippen LogP contribution is -2.40. The van der Waals surface area contributed by atoms with Gasteiger partial charge in [0.2, 0.25) is 0 Å². The molecule has 40 heavy (non-hydrogen) atoms. The Morgan fingerprint density at radius 2 is 1.57 bits per heavy atom. The van der Waals surface area contributed by atoms with Crippen LogP contribution in [-0.2, 0) is 10.6 Å². The van der Waals surface area contributed by atoms with Gasteiger partial charge in [0.25, 0.3) is 0 Å². The van der Waals surface area contributed by atoms with Crippen LogP contribution in [0.4, 0.5) is 24.5 Å². The van der Waals surface area contributed by atoms with E-state index in [0.717, 1.165) is 28.9 Å². The number of hydrogen-bond donors (Lipinski definition) is 3. The van der Waals surface area contributed by atoms with Crippen LogP contribution >= 0.6 is 35.8 Å². The normalized spacial score (nSPS) is 13.8. The standard InChI is InChI=1S/C29H35Cl2F3N2O2SSi/c1-16(2)18(4)40(5,6)38-26(19-12-22(30)28(35)23(31)13-19)15-36-21-8-10-24(17(3)11-21)37-25-9-7-20(14-27(25)39)29(32,33)34/h7-14,16,18,26,36,39H,15,35H2,1-6H3. The number of ether oxygens (including phenoxy) is 1. The second-order valence-corrected chi connectivity index (χ2v) is 16.4. The Balaban J connectivity index is 1.82. The summed E-state index contributed by atoms with van der Waals surface area (Å²) in [6, 6.07) is 12.3. The number of aryl methyl sites for hydroxylation is 1. The van der Waals surface area contributed by atoms with Gasteiger partial charge in [0, 0.05) is 17.1 Å². The molecular formula is C29H35Cl2F3N2O2SSi. The molecular weight excluding hydrogens is 596 g/mol. The number of nitrogens with one attached hydrogen (secondary N) is 1. The molecule has 0 saturated carbocycles. The zero-order valence-corrected chi connectivity index (χ0v) is 26.7. The maximum Gasteiger partial charge on any atom is 0.416 e. The first-order valence-corrected chi connectivity index (χ1v) is 17.0. The monoisotopic (exact) mass is 630 g/mol. The number of benzene rings is 3. The number of nitrogens with two attached hydrogens (primary N) is 1. The highest BCUT2D eigenvalue weighted by Crippen LogP contribution is 2.39. The first kappa shape index (κ1) is 32.5. The van der Waals surface area contributed by atoms with Crippen LogP contribution < -0.4 is 15.8 Å². The van der Waals surface area contributed by atoms with Gasteiger partial charge in [-0.1, -0.05) is 44.0 Å².